The van der Waals surface area contributed by atoms with Gasteiger partial charge in [-0.2, -0.15) is 0 Å². The fraction of sp³-hybridized carbons (Fsp3) is 0.179. The second-order valence-electron chi connectivity index (χ2n) is 8.61. The van der Waals surface area contributed by atoms with Gasteiger partial charge < -0.3 is 19.4 Å². The molecule has 2 aromatic carbocycles. The van der Waals surface area contributed by atoms with Gasteiger partial charge in [0.15, 0.2) is 5.11 Å². The zero-order valence-corrected chi connectivity index (χ0v) is 20.5. The molecule has 0 bridgehead atoms. The van der Waals surface area contributed by atoms with Crippen molar-refractivity contribution in [2.75, 3.05) is 12.0 Å². The number of rotatable bonds is 5. The lowest BCUT2D eigenvalue weighted by atomic mass is 10.0. The van der Waals surface area contributed by atoms with E-state index in [1.165, 1.54) is 7.11 Å². The molecule has 5 rings (SSSR count). The average Bonchev–Trinajstić information content (AvgIpc) is 3.48. The minimum atomic E-state index is -0.371. The van der Waals surface area contributed by atoms with Crippen LogP contribution in [0.25, 0.3) is 11.3 Å². The molecule has 6 nitrogen and oxygen atoms in total. The van der Waals surface area contributed by atoms with Gasteiger partial charge in [0.25, 0.3) is 0 Å². The number of methoxy groups -OCH3 is 1. The third-order valence-corrected chi connectivity index (χ3v) is 6.41. The van der Waals surface area contributed by atoms with Crippen LogP contribution >= 0.6 is 12.2 Å². The standard InChI is InChI=1S/C28H25N3O3S/c1-17-14-18(2)16-21(15-17)31-26(25(30-28(31)35)22-6-4-5-13-29-22)24-12-11-23(34-24)19-7-9-20(10-8-19)27(32)33-3/h4-16,25-26H,1-3H3,(H,30,35)/t25-,26-/m0/s1. The molecule has 1 saturated heterocycles. The van der Waals surface area contributed by atoms with Gasteiger partial charge in [-0.3, -0.25) is 4.98 Å². The van der Waals surface area contributed by atoms with Gasteiger partial charge in [-0.1, -0.05) is 24.3 Å². The van der Waals surface area contributed by atoms with Crippen molar-refractivity contribution in [3.8, 4) is 11.3 Å². The highest BCUT2D eigenvalue weighted by molar-refractivity contribution is 7.80. The van der Waals surface area contributed by atoms with Crippen LogP contribution < -0.4 is 10.2 Å². The monoisotopic (exact) mass is 483 g/mol. The molecule has 2 aromatic heterocycles. The summed E-state index contributed by atoms with van der Waals surface area (Å²) in [6.07, 6.45) is 1.78. The summed E-state index contributed by atoms with van der Waals surface area (Å²) in [7, 11) is 1.37. The Kier molecular flexibility index (Phi) is 6.09. The van der Waals surface area contributed by atoms with Crippen LogP contribution in [0.15, 0.2) is 83.4 Å². The summed E-state index contributed by atoms with van der Waals surface area (Å²) in [6.45, 7) is 4.16. The van der Waals surface area contributed by atoms with Gasteiger partial charge in [0, 0.05) is 17.4 Å². The normalized spacial score (nSPS) is 17.3. The van der Waals surface area contributed by atoms with Gasteiger partial charge in [-0.25, -0.2) is 4.79 Å². The fourth-order valence-corrected chi connectivity index (χ4v) is 4.91. The first-order valence-corrected chi connectivity index (χ1v) is 11.7. The van der Waals surface area contributed by atoms with Crippen molar-refractivity contribution in [2.24, 2.45) is 0 Å². The Morgan fingerprint density at radius 1 is 1.03 bits per heavy atom. The molecule has 0 radical (unpaired) electrons. The van der Waals surface area contributed by atoms with Gasteiger partial charge in [-0.15, -0.1) is 0 Å². The zero-order valence-electron chi connectivity index (χ0n) is 19.7. The van der Waals surface area contributed by atoms with Crippen LogP contribution in [0.3, 0.4) is 0 Å². The second-order valence-corrected chi connectivity index (χ2v) is 9.00. The third-order valence-electron chi connectivity index (χ3n) is 6.09. The number of benzene rings is 2. The fourth-order valence-electron chi connectivity index (χ4n) is 4.57. The predicted molar refractivity (Wildman–Crippen MR) is 139 cm³/mol. The first-order chi connectivity index (χ1) is 16.9. The SMILES string of the molecule is COC(=O)c1ccc(-c2ccc([C@H]3[C@H](c4ccccn4)NC(=S)N3c3cc(C)cc(C)c3)o2)cc1. The molecule has 1 N–H and O–H groups in total. The number of anilines is 1. The number of aryl methyl sites for hydroxylation is 2. The summed E-state index contributed by atoms with van der Waals surface area (Å²) in [4.78, 5) is 18.5. The van der Waals surface area contributed by atoms with E-state index >= 15 is 0 Å². The van der Waals surface area contributed by atoms with Gasteiger partial charge in [-0.05, 0) is 85.7 Å². The molecule has 2 atom stereocenters. The van der Waals surface area contributed by atoms with Gasteiger partial charge in [0.1, 0.15) is 17.6 Å². The Morgan fingerprint density at radius 2 is 1.77 bits per heavy atom. The van der Waals surface area contributed by atoms with Gasteiger partial charge in [0.05, 0.1) is 24.4 Å². The largest absolute Gasteiger partial charge is 0.465 e. The number of carbonyl (C=O) groups excluding carboxylic acids is 1. The average molecular weight is 484 g/mol. The maximum absolute atomic E-state index is 11.8. The third kappa shape index (κ3) is 4.42. The first kappa shape index (κ1) is 22.8. The van der Waals surface area contributed by atoms with Crippen molar-refractivity contribution in [3.05, 3.63) is 107 Å². The zero-order chi connectivity index (χ0) is 24.5. The Bertz CT molecular complexity index is 1360. The number of hydrogen-bond acceptors (Lipinski definition) is 5. The number of nitrogens with zero attached hydrogens (tertiary/aromatic N) is 2. The second kappa shape index (κ2) is 9.35. The first-order valence-electron chi connectivity index (χ1n) is 11.3. The number of thiocarbonyl (C=S) groups is 1. The van der Waals surface area contributed by atoms with E-state index in [2.05, 4.69) is 47.2 Å². The highest BCUT2D eigenvalue weighted by Crippen LogP contribution is 2.43. The number of aromatic nitrogens is 1. The summed E-state index contributed by atoms with van der Waals surface area (Å²) >= 11 is 5.82. The number of carbonyl (C=O) groups is 1. The van der Waals surface area contributed by atoms with Crippen molar-refractivity contribution >= 4 is 29.0 Å². The van der Waals surface area contributed by atoms with Gasteiger partial charge in [0.2, 0.25) is 0 Å². The molecular formula is C28H25N3O3S. The molecule has 7 heteroatoms. The molecule has 0 unspecified atom stereocenters. The highest BCUT2D eigenvalue weighted by Gasteiger charge is 2.42. The van der Waals surface area contributed by atoms with Crippen LogP contribution in [-0.4, -0.2) is 23.2 Å². The van der Waals surface area contributed by atoms with Crippen molar-refractivity contribution in [1.82, 2.24) is 10.3 Å². The van der Waals surface area contributed by atoms with E-state index in [1.54, 1.807) is 18.3 Å². The minimum absolute atomic E-state index is 0.190. The minimum Gasteiger partial charge on any atom is -0.465 e. The molecule has 176 valence electrons. The van der Waals surface area contributed by atoms with Crippen molar-refractivity contribution in [1.29, 1.82) is 0 Å². The van der Waals surface area contributed by atoms with Crippen molar-refractivity contribution < 1.29 is 13.9 Å². The number of ether oxygens (including phenoxy) is 1. The smallest absolute Gasteiger partial charge is 0.337 e. The molecule has 0 aliphatic carbocycles. The molecule has 1 fully saturated rings. The number of hydrogen-bond donors (Lipinski definition) is 1. The summed E-state index contributed by atoms with van der Waals surface area (Å²) in [6, 6.07) is 22.9. The maximum Gasteiger partial charge on any atom is 0.337 e. The van der Waals surface area contributed by atoms with Crippen LogP contribution in [0.5, 0.6) is 0 Å². The lowest BCUT2D eigenvalue weighted by molar-refractivity contribution is 0.0600. The molecule has 0 saturated carbocycles. The molecular weight excluding hydrogens is 458 g/mol. The highest BCUT2D eigenvalue weighted by atomic mass is 32.1. The quantitative estimate of drug-likeness (QED) is 0.279. The number of pyridine rings is 1. The number of esters is 1. The van der Waals surface area contributed by atoms with E-state index in [-0.39, 0.29) is 18.1 Å². The Hall–Kier alpha value is -3.97. The van der Waals surface area contributed by atoms with Crippen LogP contribution in [0.2, 0.25) is 0 Å². The summed E-state index contributed by atoms with van der Waals surface area (Å²) in [5.74, 6) is 1.10. The molecule has 3 heterocycles. The molecule has 1 aliphatic rings. The van der Waals surface area contributed by atoms with Gasteiger partial charge >= 0.3 is 5.97 Å². The molecule has 35 heavy (non-hydrogen) atoms. The molecule has 1 aliphatic heterocycles. The van der Waals surface area contributed by atoms with Crippen LogP contribution in [0, 0.1) is 13.8 Å². The van der Waals surface area contributed by atoms with E-state index in [1.807, 2.05) is 42.5 Å². The van der Waals surface area contributed by atoms with Crippen LogP contribution in [0.4, 0.5) is 5.69 Å². The number of nitrogens with one attached hydrogen (secondary N) is 1. The molecule has 0 amide bonds. The summed E-state index contributed by atoms with van der Waals surface area (Å²) < 4.78 is 11.2. The van der Waals surface area contributed by atoms with E-state index in [4.69, 9.17) is 21.4 Å². The predicted octanol–water partition coefficient (Wildman–Crippen LogP) is 5.92. The summed E-state index contributed by atoms with van der Waals surface area (Å²) in [5, 5.41) is 4.09. The van der Waals surface area contributed by atoms with E-state index in [0.717, 1.165) is 33.8 Å². The van der Waals surface area contributed by atoms with E-state index in [0.29, 0.717) is 16.4 Å². The van der Waals surface area contributed by atoms with Crippen molar-refractivity contribution in [3.63, 3.8) is 0 Å². The van der Waals surface area contributed by atoms with Crippen LogP contribution in [0.1, 0.15) is 45.0 Å². The molecule has 0 spiro atoms. The lowest BCUT2D eigenvalue weighted by Crippen LogP contribution is -2.29. The number of furan rings is 1. The molecule has 4 aromatic rings. The lowest BCUT2D eigenvalue weighted by Gasteiger charge is -2.26. The van der Waals surface area contributed by atoms with E-state index in [9.17, 15) is 4.79 Å². The van der Waals surface area contributed by atoms with Crippen LogP contribution in [-0.2, 0) is 4.74 Å². The Labute approximate surface area is 209 Å². The Balaban J connectivity index is 1.56. The summed E-state index contributed by atoms with van der Waals surface area (Å²) in [5.41, 5.74) is 5.56. The Morgan fingerprint density at radius 3 is 2.43 bits per heavy atom. The maximum atomic E-state index is 11.8. The topological polar surface area (TPSA) is 67.6 Å². The van der Waals surface area contributed by atoms with Crippen molar-refractivity contribution in [2.45, 2.75) is 25.9 Å². The van der Waals surface area contributed by atoms with E-state index < -0.39 is 0 Å².